The van der Waals surface area contributed by atoms with E-state index >= 15 is 0 Å². The van der Waals surface area contributed by atoms with Crippen LogP contribution in [0.25, 0.3) is 0 Å². The molecule has 1 aromatic carbocycles. The first-order valence-corrected chi connectivity index (χ1v) is 4.86. The fourth-order valence-electron chi connectivity index (χ4n) is 1.33. The molecule has 0 amide bonds. The molecule has 0 aliphatic carbocycles. The standard InChI is InChI=1S/C11H13ClO2/c1-8-6-10(12)7-9(2)11(8)14-5-3-4-13/h4,6-7H,3,5H2,1-2H3. The van der Waals surface area contributed by atoms with E-state index in [0.717, 1.165) is 23.2 Å². The minimum atomic E-state index is 0.418. The average molecular weight is 213 g/mol. The summed E-state index contributed by atoms with van der Waals surface area (Å²) in [7, 11) is 0. The van der Waals surface area contributed by atoms with Crippen LogP contribution in [0.15, 0.2) is 12.1 Å². The Morgan fingerprint density at radius 2 is 1.93 bits per heavy atom. The minimum Gasteiger partial charge on any atom is -0.493 e. The third-order valence-electron chi connectivity index (χ3n) is 1.91. The highest BCUT2D eigenvalue weighted by Gasteiger charge is 2.04. The third-order valence-corrected chi connectivity index (χ3v) is 2.13. The second-order valence-corrected chi connectivity index (χ2v) is 3.61. The molecular weight excluding hydrogens is 200 g/mol. The molecule has 2 nitrogen and oxygen atoms in total. The van der Waals surface area contributed by atoms with Crippen molar-refractivity contribution in [3.8, 4) is 5.75 Å². The van der Waals surface area contributed by atoms with Gasteiger partial charge in [0.05, 0.1) is 6.61 Å². The van der Waals surface area contributed by atoms with Crippen molar-refractivity contribution in [2.75, 3.05) is 6.61 Å². The van der Waals surface area contributed by atoms with Crippen molar-refractivity contribution in [1.82, 2.24) is 0 Å². The number of benzene rings is 1. The fraction of sp³-hybridized carbons (Fsp3) is 0.364. The number of carbonyl (C=O) groups is 1. The zero-order valence-corrected chi connectivity index (χ0v) is 9.10. The Balaban J connectivity index is 2.80. The molecule has 0 heterocycles. The number of hydrogen-bond donors (Lipinski definition) is 0. The van der Waals surface area contributed by atoms with Gasteiger partial charge in [-0.15, -0.1) is 0 Å². The highest BCUT2D eigenvalue weighted by atomic mass is 35.5. The van der Waals surface area contributed by atoms with E-state index in [-0.39, 0.29) is 0 Å². The van der Waals surface area contributed by atoms with Gasteiger partial charge in [-0.1, -0.05) is 11.6 Å². The molecule has 0 atom stereocenters. The van der Waals surface area contributed by atoms with E-state index in [9.17, 15) is 4.79 Å². The lowest BCUT2D eigenvalue weighted by Gasteiger charge is -2.11. The van der Waals surface area contributed by atoms with Gasteiger partial charge >= 0.3 is 0 Å². The summed E-state index contributed by atoms with van der Waals surface area (Å²) in [6.45, 7) is 4.30. The van der Waals surface area contributed by atoms with Gasteiger partial charge in [0.1, 0.15) is 12.0 Å². The Hall–Kier alpha value is -1.02. The maximum absolute atomic E-state index is 10.1. The van der Waals surface area contributed by atoms with Crippen molar-refractivity contribution in [2.24, 2.45) is 0 Å². The van der Waals surface area contributed by atoms with E-state index in [0.29, 0.717) is 18.1 Å². The minimum absolute atomic E-state index is 0.418. The molecule has 0 saturated heterocycles. The lowest BCUT2D eigenvalue weighted by atomic mass is 10.1. The summed E-state index contributed by atoms with van der Waals surface area (Å²) in [5, 5.41) is 0.711. The number of aryl methyl sites for hydroxylation is 2. The molecule has 3 heteroatoms. The number of rotatable bonds is 4. The predicted molar refractivity (Wildman–Crippen MR) is 57.1 cm³/mol. The summed E-state index contributed by atoms with van der Waals surface area (Å²) in [5.74, 6) is 0.830. The summed E-state index contributed by atoms with van der Waals surface area (Å²) < 4.78 is 5.47. The lowest BCUT2D eigenvalue weighted by Crippen LogP contribution is -2.00. The molecule has 14 heavy (non-hydrogen) atoms. The maximum Gasteiger partial charge on any atom is 0.125 e. The Kier molecular flexibility index (Phi) is 3.96. The van der Waals surface area contributed by atoms with Crippen LogP contribution < -0.4 is 4.74 Å². The van der Waals surface area contributed by atoms with Crippen molar-refractivity contribution in [3.63, 3.8) is 0 Å². The van der Waals surface area contributed by atoms with Crippen molar-refractivity contribution in [3.05, 3.63) is 28.3 Å². The molecule has 1 aromatic rings. The van der Waals surface area contributed by atoms with E-state index < -0.39 is 0 Å². The molecule has 1 rings (SSSR count). The molecule has 0 aliphatic heterocycles. The zero-order chi connectivity index (χ0) is 10.6. The van der Waals surface area contributed by atoms with E-state index in [4.69, 9.17) is 16.3 Å². The van der Waals surface area contributed by atoms with Gasteiger partial charge in [-0.05, 0) is 37.1 Å². The number of carbonyl (C=O) groups excluding carboxylic acids is 1. The summed E-state index contributed by atoms with van der Waals surface area (Å²) in [6.07, 6.45) is 1.27. The highest BCUT2D eigenvalue weighted by molar-refractivity contribution is 6.30. The molecule has 0 radical (unpaired) electrons. The van der Waals surface area contributed by atoms with E-state index in [2.05, 4.69) is 0 Å². The number of ether oxygens (including phenoxy) is 1. The number of aldehydes is 1. The molecule has 0 N–H and O–H groups in total. The first-order chi connectivity index (χ1) is 6.65. The normalized spacial score (nSPS) is 9.93. The number of hydrogen-bond acceptors (Lipinski definition) is 2. The van der Waals surface area contributed by atoms with Gasteiger partial charge in [0, 0.05) is 11.4 Å². The molecule has 0 spiro atoms. The molecule has 0 saturated carbocycles. The zero-order valence-electron chi connectivity index (χ0n) is 8.34. The van der Waals surface area contributed by atoms with E-state index in [1.54, 1.807) is 0 Å². The fourth-order valence-corrected chi connectivity index (χ4v) is 1.66. The van der Waals surface area contributed by atoms with Gasteiger partial charge in [0.15, 0.2) is 0 Å². The van der Waals surface area contributed by atoms with Gasteiger partial charge in [-0.25, -0.2) is 0 Å². The van der Waals surface area contributed by atoms with E-state index in [1.165, 1.54) is 0 Å². The molecule has 0 fully saturated rings. The molecule has 0 aliphatic rings. The second-order valence-electron chi connectivity index (χ2n) is 3.17. The molecule has 0 aromatic heterocycles. The summed E-state index contributed by atoms with van der Waals surface area (Å²) in [6, 6.07) is 3.70. The first-order valence-electron chi connectivity index (χ1n) is 4.48. The number of halogens is 1. The van der Waals surface area contributed by atoms with Gasteiger partial charge in [-0.3, -0.25) is 0 Å². The average Bonchev–Trinajstić information content (AvgIpc) is 2.09. The van der Waals surface area contributed by atoms with Crippen LogP contribution in [0.4, 0.5) is 0 Å². The second kappa shape index (κ2) is 5.01. The van der Waals surface area contributed by atoms with Crippen LogP contribution in [0, 0.1) is 13.8 Å². The van der Waals surface area contributed by atoms with Crippen LogP contribution in [-0.4, -0.2) is 12.9 Å². The summed E-state index contributed by atoms with van der Waals surface area (Å²) >= 11 is 5.87. The van der Waals surface area contributed by atoms with Crippen LogP contribution in [0.1, 0.15) is 17.5 Å². The Morgan fingerprint density at radius 3 is 2.43 bits per heavy atom. The predicted octanol–water partition coefficient (Wildman–Crippen LogP) is 2.92. The lowest BCUT2D eigenvalue weighted by molar-refractivity contribution is -0.108. The van der Waals surface area contributed by atoms with Crippen molar-refractivity contribution < 1.29 is 9.53 Å². The Morgan fingerprint density at radius 1 is 1.36 bits per heavy atom. The van der Waals surface area contributed by atoms with Crippen molar-refractivity contribution >= 4 is 17.9 Å². The van der Waals surface area contributed by atoms with E-state index in [1.807, 2.05) is 26.0 Å². The first kappa shape index (κ1) is 11.1. The Bertz CT molecular complexity index is 311. The van der Waals surface area contributed by atoms with Crippen LogP contribution in [0.2, 0.25) is 5.02 Å². The van der Waals surface area contributed by atoms with Crippen LogP contribution in [0.5, 0.6) is 5.75 Å². The van der Waals surface area contributed by atoms with Crippen LogP contribution >= 0.6 is 11.6 Å². The molecule has 76 valence electrons. The maximum atomic E-state index is 10.1. The smallest absolute Gasteiger partial charge is 0.125 e. The van der Waals surface area contributed by atoms with Crippen molar-refractivity contribution in [2.45, 2.75) is 20.3 Å². The molecule has 0 bridgehead atoms. The van der Waals surface area contributed by atoms with Gasteiger partial charge in [0.2, 0.25) is 0 Å². The van der Waals surface area contributed by atoms with Crippen LogP contribution in [0.3, 0.4) is 0 Å². The summed E-state index contributed by atoms with van der Waals surface area (Å²) in [5.41, 5.74) is 2.00. The Labute approximate surface area is 88.8 Å². The monoisotopic (exact) mass is 212 g/mol. The van der Waals surface area contributed by atoms with Gasteiger partial charge < -0.3 is 9.53 Å². The SMILES string of the molecule is Cc1cc(Cl)cc(C)c1OCCC=O. The largest absolute Gasteiger partial charge is 0.493 e. The quantitative estimate of drug-likeness (QED) is 0.567. The topological polar surface area (TPSA) is 26.3 Å². The molecular formula is C11H13ClO2. The summed E-state index contributed by atoms with van der Waals surface area (Å²) in [4.78, 5) is 10.1. The van der Waals surface area contributed by atoms with Crippen molar-refractivity contribution in [1.29, 1.82) is 0 Å². The highest BCUT2D eigenvalue weighted by Crippen LogP contribution is 2.26. The molecule has 0 unspecified atom stereocenters. The third kappa shape index (κ3) is 2.74. The van der Waals surface area contributed by atoms with Gasteiger partial charge in [-0.2, -0.15) is 0 Å². The van der Waals surface area contributed by atoms with Gasteiger partial charge in [0.25, 0.3) is 0 Å². The van der Waals surface area contributed by atoms with Crippen LogP contribution in [-0.2, 0) is 4.79 Å².